The molecule has 1 aliphatic rings. The Balaban J connectivity index is 1.47. The van der Waals surface area contributed by atoms with Crippen molar-refractivity contribution in [1.29, 1.82) is 0 Å². The number of hydrogen-bond acceptors (Lipinski definition) is 6. The maximum Gasteiger partial charge on any atom is 0.253 e. The molecule has 0 bridgehead atoms. The maximum atomic E-state index is 13.0. The predicted octanol–water partition coefficient (Wildman–Crippen LogP) is 2.68. The van der Waals surface area contributed by atoms with E-state index in [0.29, 0.717) is 10.8 Å². The van der Waals surface area contributed by atoms with Gasteiger partial charge in [0.05, 0.1) is 22.3 Å². The van der Waals surface area contributed by atoms with Crippen molar-refractivity contribution in [3.8, 4) is 0 Å². The molecule has 126 valence electrons. The molecule has 2 amide bonds. The van der Waals surface area contributed by atoms with Gasteiger partial charge in [0.15, 0.2) is 5.13 Å². The summed E-state index contributed by atoms with van der Waals surface area (Å²) in [5, 5.41) is 0.613. The summed E-state index contributed by atoms with van der Waals surface area (Å²) < 4.78 is 14.0. The number of carbonyl (C=O) groups excluding carboxylic acids is 2. The number of fused-ring (bicyclic) bond motifs is 1. The summed E-state index contributed by atoms with van der Waals surface area (Å²) in [6, 6.07) is 12.2. The summed E-state index contributed by atoms with van der Waals surface area (Å²) in [6.07, 6.45) is 0.0219. The van der Waals surface area contributed by atoms with Crippen LogP contribution >= 0.6 is 11.3 Å². The number of hydrogen-bond donors (Lipinski definition) is 2. The van der Waals surface area contributed by atoms with Crippen molar-refractivity contribution < 1.29 is 14.0 Å². The number of rotatable bonds is 4. The van der Waals surface area contributed by atoms with Crippen LogP contribution in [0.15, 0.2) is 48.5 Å². The van der Waals surface area contributed by atoms with Crippen molar-refractivity contribution in [1.82, 2.24) is 10.4 Å². The minimum atomic E-state index is -0.704. The predicted molar refractivity (Wildman–Crippen MR) is 93.7 cm³/mol. The smallest absolute Gasteiger partial charge is 0.253 e. The number of nitrogens with one attached hydrogen (secondary N) is 2. The summed E-state index contributed by atoms with van der Waals surface area (Å²) >= 11 is 1.45. The summed E-state index contributed by atoms with van der Waals surface area (Å²) in [5.74, 6) is -1.14. The van der Waals surface area contributed by atoms with Crippen LogP contribution in [-0.2, 0) is 9.59 Å². The van der Waals surface area contributed by atoms with Crippen molar-refractivity contribution in [2.24, 2.45) is 0 Å². The normalized spacial score (nSPS) is 17.5. The van der Waals surface area contributed by atoms with E-state index in [1.807, 2.05) is 24.3 Å². The van der Waals surface area contributed by atoms with Crippen LogP contribution in [0.25, 0.3) is 10.2 Å². The second kappa shape index (κ2) is 6.23. The van der Waals surface area contributed by atoms with E-state index < -0.39 is 11.9 Å². The van der Waals surface area contributed by atoms with Crippen molar-refractivity contribution in [3.63, 3.8) is 0 Å². The number of halogens is 1. The van der Waals surface area contributed by atoms with Gasteiger partial charge in [-0.3, -0.25) is 15.0 Å². The minimum Gasteiger partial charge on any atom is -0.296 e. The van der Waals surface area contributed by atoms with E-state index >= 15 is 0 Å². The Bertz CT molecular complexity index is 924. The highest BCUT2D eigenvalue weighted by Crippen LogP contribution is 2.26. The zero-order valence-electron chi connectivity index (χ0n) is 12.9. The van der Waals surface area contributed by atoms with Crippen LogP contribution < -0.4 is 15.8 Å². The molecule has 6 nitrogen and oxygen atoms in total. The average Bonchev–Trinajstić information content (AvgIpc) is 3.14. The maximum absolute atomic E-state index is 13.0. The van der Waals surface area contributed by atoms with Crippen LogP contribution in [0, 0.1) is 5.82 Å². The SMILES string of the molecule is O=C1C[C@@H](NNc2nc3ccccc3s2)C(=O)N1c1ccc(F)cc1. The Morgan fingerprint density at radius 3 is 2.64 bits per heavy atom. The second-order valence-corrected chi connectivity index (χ2v) is 6.59. The molecule has 0 radical (unpaired) electrons. The highest BCUT2D eigenvalue weighted by atomic mass is 32.1. The van der Waals surface area contributed by atoms with E-state index in [2.05, 4.69) is 15.8 Å². The quantitative estimate of drug-likeness (QED) is 0.555. The fourth-order valence-corrected chi connectivity index (χ4v) is 3.51. The average molecular weight is 356 g/mol. The van der Waals surface area contributed by atoms with Gasteiger partial charge in [-0.2, -0.15) is 0 Å². The first-order valence-corrected chi connectivity index (χ1v) is 8.43. The molecule has 1 aliphatic heterocycles. The lowest BCUT2D eigenvalue weighted by Gasteiger charge is -2.15. The summed E-state index contributed by atoms with van der Waals surface area (Å²) in [4.78, 5) is 30.1. The van der Waals surface area contributed by atoms with E-state index in [4.69, 9.17) is 0 Å². The Kier molecular flexibility index (Phi) is 3.90. The fourth-order valence-electron chi connectivity index (χ4n) is 2.68. The van der Waals surface area contributed by atoms with Crippen molar-refractivity contribution >= 4 is 44.2 Å². The molecular formula is C17H13FN4O2S. The monoisotopic (exact) mass is 356 g/mol. The van der Waals surface area contributed by atoms with E-state index in [1.165, 1.54) is 35.6 Å². The zero-order chi connectivity index (χ0) is 17.4. The lowest BCUT2D eigenvalue weighted by atomic mass is 10.2. The van der Waals surface area contributed by atoms with Gasteiger partial charge in [-0.15, -0.1) is 0 Å². The Labute approximate surface area is 146 Å². The third-order valence-corrected chi connectivity index (χ3v) is 4.83. The number of benzene rings is 2. The summed E-state index contributed by atoms with van der Waals surface area (Å²) in [6.45, 7) is 0. The molecule has 1 fully saturated rings. The molecule has 8 heteroatoms. The molecule has 4 rings (SSSR count). The Morgan fingerprint density at radius 2 is 1.88 bits per heavy atom. The number of imide groups is 1. The number of aromatic nitrogens is 1. The van der Waals surface area contributed by atoms with E-state index in [9.17, 15) is 14.0 Å². The summed E-state index contributed by atoms with van der Waals surface area (Å²) in [5.41, 5.74) is 6.99. The highest BCUT2D eigenvalue weighted by molar-refractivity contribution is 7.22. The molecule has 3 aromatic rings. The number of anilines is 2. The van der Waals surface area contributed by atoms with Gasteiger partial charge in [0, 0.05) is 0 Å². The van der Waals surface area contributed by atoms with Crippen LogP contribution in [0.1, 0.15) is 6.42 Å². The molecule has 2 heterocycles. The first-order valence-electron chi connectivity index (χ1n) is 7.61. The molecule has 25 heavy (non-hydrogen) atoms. The molecule has 0 unspecified atom stereocenters. The van der Waals surface area contributed by atoms with Crippen molar-refractivity contribution in [2.45, 2.75) is 12.5 Å². The first-order chi connectivity index (χ1) is 12.1. The topological polar surface area (TPSA) is 74.3 Å². The van der Waals surface area contributed by atoms with Gasteiger partial charge >= 0.3 is 0 Å². The van der Waals surface area contributed by atoms with Crippen LogP contribution in [0.4, 0.5) is 15.2 Å². The van der Waals surface area contributed by atoms with Gasteiger partial charge in [0.25, 0.3) is 5.91 Å². The number of hydrazine groups is 1. The fraction of sp³-hybridized carbons (Fsp3) is 0.118. The second-order valence-electron chi connectivity index (χ2n) is 5.56. The van der Waals surface area contributed by atoms with Crippen LogP contribution in [-0.4, -0.2) is 22.8 Å². The lowest BCUT2D eigenvalue weighted by Crippen LogP contribution is -2.41. The molecule has 0 saturated carbocycles. The molecule has 2 N–H and O–H groups in total. The van der Waals surface area contributed by atoms with Gasteiger partial charge < -0.3 is 0 Å². The lowest BCUT2D eigenvalue weighted by molar-refractivity contribution is -0.121. The third kappa shape index (κ3) is 2.97. The van der Waals surface area contributed by atoms with Crippen LogP contribution in [0.3, 0.4) is 0 Å². The molecule has 2 aromatic carbocycles. The van der Waals surface area contributed by atoms with E-state index in [0.717, 1.165) is 15.1 Å². The van der Waals surface area contributed by atoms with Gasteiger partial charge in [-0.05, 0) is 36.4 Å². The number of amides is 2. The van der Waals surface area contributed by atoms with Crippen LogP contribution in [0.5, 0.6) is 0 Å². The number of carbonyl (C=O) groups is 2. The minimum absolute atomic E-state index is 0.0219. The van der Waals surface area contributed by atoms with Gasteiger partial charge in [-0.25, -0.2) is 19.7 Å². The number of para-hydroxylation sites is 1. The molecule has 0 aliphatic carbocycles. The first kappa shape index (κ1) is 15.7. The van der Waals surface area contributed by atoms with E-state index in [1.54, 1.807) is 0 Å². The van der Waals surface area contributed by atoms with Crippen LogP contribution in [0.2, 0.25) is 0 Å². The molecule has 1 aromatic heterocycles. The van der Waals surface area contributed by atoms with Crippen molar-refractivity contribution in [3.05, 3.63) is 54.3 Å². The van der Waals surface area contributed by atoms with E-state index in [-0.39, 0.29) is 18.2 Å². The molecular weight excluding hydrogens is 343 g/mol. The largest absolute Gasteiger partial charge is 0.296 e. The van der Waals surface area contributed by atoms with Gasteiger partial charge in [0.2, 0.25) is 5.91 Å². The number of nitrogens with zero attached hydrogens (tertiary/aromatic N) is 2. The Hall–Kier alpha value is -2.84. The zero-order valence-corrected chi connectivity index (χ0v) is 13.7. The highest BCUT2D eigenvalue weighted by Gasteiger charge is 2.39. The molecule has 1 saturated heterocycles. The van der Waals surface area contributed by atoms with Crippen molar-refractivity contribution in [2.75, 3.05) is 10.3 Å². The standard InChI is InChI=1S/C17H13FN4O2S/c18-10-5-7-11(8-6-10)22-15(23)9-13(16(22)24)20-21-17-19-12-3-1-2-4-14(12)25-17/h1-8,13,20H,9H2,(H,19,21)/t13-/m1/s1. The number of thiazole rings is 1. The Morgan fingerprint density at radius 1 is 1.12 bits per heavy atom. The summed E-state index contributed by atoms with van der Waals surface area (Å²) in [7, 11) is 0. The third-order valence-electron chi connectivity index (χ3n) is 3.88. The van der Waals surface area contributed by atoms with Gasteiger partial charge in [-0.1, -0.05) is 23.5 Å². The van der Waals surface area contributed by atoms with Gasteiger partial charge in [0.1, 0.15) is 11.9 Å². The molecule has 0 spiro atoms. The molecule has 1 atom stereocenters.